The van der Waals surface area contributed by atoms with Crippen LogP contribution in [0.1, 0.15) is 48.0 Å². The Morgan fingerprint density at radius 3 is 2.00 bits per heavy atom. The Hall–Kier alpha value is -1.27. The molecule has 0 saturated carbocycles. The SMILES string of the molecule is CC(C)COC(CCP(=O)(OCC(C)C)OCC(C)C)=NC(=S)Nc1ccccc1. The molecule has 6 nitrogen and oxygen atoms in total. The lowest BCUT2D eigenvalue weighted by Gasteiger charge is -2.21. The van der Waals surface area contributed by atoms with Crippen LogP contribution in [-0.2, 0) is 18.3 Å². The Labute approximate surface area is 187 Å². The fourth-order valence-electron chi connectivity index (χ4n) is 2.13. The van der Waals surface area contributed by atoms with Crippen molar-refractivity contribution in [2.45, 2.75) is 48.0 Å². The van der Waals surface area contributed by atoms with E-state index in [4.69, 9.17) is 26.0 Å². The standard InChI is InChI=1S/C22H37N2O4PS/c1-17(2)14-26-21(24-22(30)23-20-10-8-7-9-11-20)12-13-29(25,27-15-18(3)4)28-16-19(5)6/h7-11,17-19H,12-16H2,1-6H3,(H,23,30). The van der Waals surface area contributed by atoms with E-state index in [1.807, 2.05) is 58.0 Å². The van der Waals surface area contributed by atoms with E-state index in [2.05, 4.69) is 24.2 Å². The summed E-state index contributed by atoms with van der Waals surface area (Å²) in [5.74, 6) is 1.27. The molecule has 0 aliphatic rings. The number of ether oxygens (including phenoxy) is 1. The third-order valence-corrected chi connectivity index (χ3v) is 5.69. The average Bonchev–Trinajstić information content (AvgIpc) is 2.68. The number of thiocarbonyl (C=S) groups is 1. The van der Waals surface area contributed by atoms with Crippen LogP contribution < -0.4 is 5.32 Å². The van der Waals surface area contributed by atoms with Gasteiger partial charge in [-0.25, -0.2) is 0 Å². The topological polar surface area (TPSA) is 69.2 Å². The first-order valence-corrected chi connectivity index (χ1v) is 12.7. The van der Waals surface area contributed by atoms with E-state index in [1.165, 1.54) is 0 Å². The maximum atomic E-state index is 13.2. The number of hydrogen-bond donors (Lipinski definition) is 1. The molecule has 1 aromatic rings. The van der Waals surface area contributed by atoms with Crippen LogP contribution in [0.3, 0.4) is 0 Å². The second kappa shape index (κ2) is 13.9. The van der Waals surface area contributed by atoms with Crippen LogP contribution in [0.25, 0.3) is 0 Å². The van der Waals surface area contributed by atoms with Gasteiger partial charge in [-0.15, -0.1) is 0 Å². The van der Waals surface area contributed by atoms with Crippen molar-refractivity contribution in [1.29, 1.82) is 0 Å². The van der Waals surface area contributed by atoms with Crippen molar-refractivity contribution in [3.05, 3.63) is 30.3 Å². The molecule has 0 atom stereocenters. The summed E-state index contributed by atoms with van der Waals surface area (Å²) < 4.78 is 30.5. The predicted octanol–water partition coefficient (Wildman–Crippen LogP) is 6.38. The Morgan fingerprint density at radius 2 is 1.50 bits per heavy atom. The summed E-state index contributed by atoms with van der Waals surface area (Å²) in [6.45, 7) is 13.4. The number of aliphatic imine (C=N–C) groups is 1. The molecular formula is C22H37N2O4PS. The summed E-state index contributed by atoms with van der Waals surface area (Å²) in [7, 11) is -3.26. The van der Waals surface area contributed by atoms with Gasteiger partial charge in [0.15, 0.2) is 11.0 Å². The molecule has 0 aromatic heterocycles. The fraction of sp³-hybridized carbons (Fsp3) is 0.636. The molecule has 0 spiro atoms. The molecule has 0 heterocycles. The second-order valence-corrected chi connectivity index (χ2v) is 11.0. The lowest BCUT2D eigenvalue weighted by atomic mass is 10.2. The molecule has 0 amide bonds. The minimum Gasteiger partial charge on any atom is -0.480 e. The van der Waals surface area contributed by atoms with Crippen LogP contribution >= 0.6 is 19.8 Å². The summed E-state index contributed by atoms with van der Waals surface area (Å²) in [4.78, 5) is 4.42. The molecule has 1 N–H and O–H groups in total. The highest BCUT2D eigenvalue weighted by Gasteiger charge is 2.27. The van der Waals surface area contributed by atoms with E-state index in [1.54, 1.807) is 0 Å². The van der Waals surface area contributed by atoms with Gasteiger partial charge in [0.2, 0.25) is 0 Å². The van der Waals surface area contributed by atoms with Gasteiger partial charge < -0.3 is 19.1 Å². The molecule has 0 radical (unpaired) electrons. The van der Waals surface area contributed by atoms with Gasteiger partial charge >= 0.3 is 7.60 Å². The number of nitrogens with zero attached hydrogens (tertiary/aromatic N) is 1. The highest BCUT2D eigenvalue weighted by Crippen LogP contribution is 2.49. The molecule has 0 saturated heterocycles. The second-order valence-electron chi connectivity index (χ2n) is 8.47. The molecular weight excluding hydrogens is 419 g/mol. The summed E-state index contributed by atoms with van der Waals surface area (Å²) in [6.07, 6.45) is 0.508. The summed E-state index contributed by atoms with van der Waals surface area (Å²) in [5, 5.41) is 3.36. The number of nitrogens with one attached hydrogen (secondary N) is 1. The van der Waals surface area contributed by atoms with Crippen LogP contribution in [0.2, 0.25) is 0 Å². The Bertz CT molecular complexity index is 692. The van der Waals surface area contributed by atoms with E-state index in [0.29, 0.717) is 43.2 Å². The van der Waals surface area contributed by atoms with E-state index in [0.717, 1.165) is 5.69 Å². The van der Waals surface area contributed by atoms with Crippen molar-refractivity contribution in [3.8, 4) is 0 Å². The smallest absolute Gasteiger partial charge is 0.331 e. The van der Waals surface area contributed by atoms with Crippen molar-refractivity contribution in [2.24, 2.45) is 22.7 Å². The number of rotatable bonds is 12. The highest BCUT2D eigenvalue weighted by molar-refractivity contribution is 7.80. The third-order valence-electron chi connectivity index (χ3n) is 3.64. The fourth-order valence-corrected chi connectivity index (χ4v) is 4.20. The van der Waals surface area contributed by atoms with Gasteiger partial charge in [0.1, 0.15) is 0 Å². The Balaban J connectivity index is 2.86. The molecule has 1 aromatic carbocycles. The molecule has 8 heteroatoms. The van der Waals surface area contributed by atoms with Crippen LogP contribution in [0.4, 0.5) is 5.69 Å². The zero-order valence-electron chi connectivity index (χ0n) is 19.1. The minimum absolute atomic E-state index is 0.192. The quantitative estimate of drug-likeness (QED) is 0.170. The number of anilines is 1. The van der Waals surface area contributed by atoms with E-state index < -0.39 is 7.60 Å². The van der Waals surface area contributed by atoms with Crippen molar-refractivity contribution in [1.82, 2.24) is 0 Å². The van der Waals surface area contributed by atoms with Crippen molar-refractivity contribution in [3.63, 3.8) is 0 Å². The van der Waals surface area contributed by atoms with Gasteiger partial charge in [-0.3, -0.25) is 4.57 Å². The molecule has 0 aliphatic heterocycles. The number of para-hydroxylation sites is 1. The van der Waals surface area contributed by atoms with Gasteiger partial charge in [0.05, 0.1) is 26.0 Å². The first-order chi connectivity index (χ1) is 14.1. The monoisotopic (exact) mass is 456 g/mol. The zero-order chi connectivity index (χ0) is 22.6. The predicted molar refractivity (Wildman–Crippen MR) is 130 cm³/mol. The largest absolute Gasteiger partial charge is 0.480 e. The minimum atomic E-state index is -3.26. The van der Waals surface area contributed by atoms with Crippen LogP contribution in [0.5, 0.6) is 0 Å². The maximum Gasteiger partial charge on any atom is 0.331 e. The van der Waals surface area contributed by atoms with Crippen LogP contribution in [-0.4, -0.2) is 37.0 Å². The first-order valence-electron chi connectivity index (χ1n) is 10.5. The summed E-state index contributed by atoms with van der Waals surface area (Å²) in [5.41, 5.74) is 0.848. The normalized spacial score (nSPS) is 12.6. The molecule has 0 aliphatic carbocycles. The lowest BCUT2D eigenvalue weighted by Crippen LogP contribution is -2.17. The number of hydrogen-bond acceptors (Lipinski definition) is 5. The van der Waals surface area contributed by atoms with Crippen molar-refractivity contribution < 1.29 is 18.3 Å². The Morgan fingerprint density at radius 1 is 0.967 bits per heavy atom. The molecule has 170 valence electrons. The van der Waals surface area contributed by atoms with E-state index in [9.17, 15) is 4.57 Å². The molecule has 1 rings (SSSR count). The first kappa shape index (κ1) is 26.8. The van der Waals surface area contributed by atoms with Gasteiger partial charge in [-0.2, -0.15) is 4.99 Å². The van der Waals surface area contributed by atoms with Gasteiger partial charge in [0, 0.05) is 12.1 Å². The molecule has 30 heavy (non-hydrogen) atoms. The average molecular weight is 457 g/mol. The Kier molecular flexibility index (Phi) is 12.4. The molecule has 0 fully saturated rings. The molecule has 0 bridgehead atoms. The lowest BCUT2D eigenvalue weighted by molar-refractivity contribution is 0.173. The maximum absolute atomic E-state index is 13.2. The summed E-state index contributed by atoms with van der Waals surface area (Å²) in [6, 6.07) is 9.58. The van der Waals surface area contributed by atoms with Crippen molar-refractivity contribution >= 4 is 36.5 Å². The highest BCUT2D eigenvalue weighted by atomic mass is 32.1. The van der Waals surface area contributed by atoms with Gasteiger partial charge in [0.25, 0.3) is 0 Å². The van der Waals surface area contributed by atoms with E-state index >= 15 is 0 Å². The molecule has 0 unspecified atom stereocenters. The van der Waals surface area contributed by atoms with Crippen LogP contribution in [0, 0.1) is 17.8 Å². The summed E-state index contributed by atoms with van der Waals surface area (Å²) >= 11 is 5.36. The number of benzene rings is 1. The van der Waals surface area contributed by atoms with Gasteiger partial charge in [-0.05, 0) is 42.1 Å². The van der Waals surface area contributed by atoms with Crippen LogP contribution in [0.15, 0.2) is 35.3 Å². The van der Waals surface area contributed by atoms with E-state index in [-0.39, 0.29) is 18.0 Å². The van der Waals surface area contributed by atoms with Crippen molar-refractivity contribution in [2.75, 3.05) is 31.3 Å². The zero-order valence-corrected chi connectivity index (χ0v) is 20.8. The third kappa shape index (κ3) is 12.4. The van der Waals surface area contributed by atoms with Gasteiger partial charge in [-0.1, -0.05) is 59.7 Å².